The molecule has 1 aliphatic carbocycles. The van der Waals surface area contributed by atoms with Gasteiger partial charge in [0.25, 0.3) is 0 Å². The topological polar surface area (TPSA) is 60.4 Å². The fourth-order valence-electron chi connectivity index (χ4n) is 3.37. The van der Waals surface area contributed by atoms with Crippen LogP contribution in [0.2, 0.25) is 0 Å². The molecule has 4 heteroatoms. The van der Waals surface area contributed by atoms with E-state index in [0.717, 1.165) is 24.2 Å². The molecule has 24 heavy (non-hydrogen) atoms. The largest absolute Gasteiger partial charge is 0.497 e. The standard InChI is InChI=1S/C20H26O4/c1-14-12-18(22)20(2,19(14)23)11-10-16(21)8-4-6-15-7-5-9-17(13-15)24-3/h5,7,9,13-14H,4,6,8,10-12H2,1-3H3/t14-,20-/m1/s1. The summed E-state index contributed by atoms with van der Waals surface area (Å²) in [7, 11) is 1.63. The van der Waals surface area contributed by atoms with Gasteiger partial charge in [0.2, 0.25) is 0 Å². The molecule has 0 aliphatic heterocycles. The predicted octanol–water partition coefficient (Wildman–Crippen LogP) is 3.55. The molecule has 1 aromatic rings. The summed E-state index contributed by atoms with van der Waals surface area (Å²) in [6.45, 7) is 3.49. The number of rotatable bonds is 8. The van der Waals surface area contributed by atoms with Crippen molar-refractivity contribution >= 4 is 17.3 Å². The molecular formula is C20H26O4. The number of carbonyl (C=O) groups excluding carboxylic acids is 3. The minimum atomic E-state index is -0.943. The third-order valence-electron chi connectivity index (χ3n) is 5.06. The number of carbonyl (C=O) groups is 3. The van der Waals surface area contributed by atoms with Gasteiger partial charge >= 0.3 is 0 Å². The van der Waals surface area contributed by atoms with Gasteiger partial charge in [-0.3, -0.25) is 14.4 Å². The maximum Gasteiger partial charge on any atom is 0.149 e. The minimum absolute atomic E-state index is 0.00307. The van der Waals surface area contributed by atoms with Gasteiger partial charge in [-0.05, 0) is 43.9 Å². The van der Waals surface area contributed by atoms with Crippen LogP contribution in [0.1, 0.15) is 51.5 Å². The molecule has 0 amide bonds. The van der Waals surface area contributed by atoms with Gasteiger partial charge in [-0.15, -0.1) is 0 Å². The third kappa shape index (κ3) is 4.11. The molecule has 0 unspecified atom stereocenters. The summed E-state index contributed by atoms with van der Waals surface area (Å²) < 4.78 is 5.19. The van der Waals surface area contributed by atoms with E-state index in [-0.39, 0.29) is 23.3 Å². The van der Waals surface area contributed by atoms with Gasteiger partial charge < -0.3 is 4.74 Å². The molecule has 1 aromatic carbocycles. The van der Waals surface area contributed by atoms with E-state index in [0.29, 0.717) is 25.7 Å². The molecule has 1 fully saturated rings. The number of benzene rings is 1. The molecule has 0 heterocycles. The molecule has 0 bridgehead atoms. The van der Waals surface area contributed by atoms with E-state index >= 15 is 0 Å². The van der Waals surface area contributed by atoms with Crippen LogP contribution >= 0.6 is 0 Å². The van der Waals surface area contributed by atoms with Crippen molar-refractivity contribution in [2.75, 3.05) is 7.11 Å². The van der Waals surface area contributed by atoms with Crippen LogP contribution in [0, 0.1) is 11.3 Å². The SMILES string of the molecule is COc1cccc(CCCC(=O)CC[C@]2(C)C(=O)C[C@@H](C)C2=O)c1. The summed E-state index contributed by atoms with van der Waals surface area (Å²) in [5.74, 6) is 0.727. The maximum absolute atomic E-state index is 12.2. The Morgan fingerprint density at radius 2 is 2.04 bits per heavy atom. The van der Waals surface area contributed by atoms with Crippen molar-refractivity contribution in [1.82, 2.24) is 0 Å². The predicted molar refractivity (Wildman–Crippen MR) is 92.1 cm³/mol. The lowest BCUT2D eigenvalue weighted by Crippen LogP contribution is -2.31. The number of ketones is 3. The Morgan fingerprint density at radius 3 is 2.67 bits per heavy atom. The second-order valence-corrected chi connectivity index (χ2v) is 6.97. The number of methoxy groups -OCH3 is 1. The molecule has 4 nitrogen and oxygen atoms in total. The minimum Gasteiger partial charge on any atom is -0.497 e. The normalized spacial score (nSPS) is 23.5. The summed E-state index contributed by atoms with van der Waals surface area (Å²) in [5.41, 5.74) is 0.200. The van der Waals surface area contributed by atoms with E-state index < -0.39 is 5.41 Å². The fourth-order valence-corrected chi connectivity index (χ4v) is 3.37. The van der Waals surface area contributed by atoms with Gasteiger partial charge in [-0.2, -0.15) is 0 Å². The molecule has 130 valence electrons. The van der Waals surface area contributed by atoms with Crippen molar-refractivity contribution in [1.29, 1.82) is 0 Å². The summed E-state index contributed by atoms with van der Waals surface area (Å²) in [5, 5.41) is 0. The highest BCUT2D eigenvalue weighted by Gasteiger charge is 2.48. The van der Waals surface area contributed by atoms with Gasteiger partial charge in [0.1, 0.15) is 23.1 Å². The number of ether oxygens (including phenoxy) is 1. The lowest BCUT2D eigenvalue weighted by atomic mass is 9.80. The Bertz CT molecular complexity index is 634. The highest BCUT2D eigenvalue weighted by molar-refractivity contribution is 6.13. The summed E-state index contributed by atoms with van der Waals surface area (Å²) >= 11 is 0. The summed E-state index contributed by atoms with van der Waals surface area (Å²) in [6, 6.07) is 7.83. The van der Waals surface area contributed by atoms with Crippen molar-refractivity contribution < 1.29 is 19.1 Å². The van der Waals surface area contributed by atoms with E-state index in [1.165, 1.54) is 0 Å². The molecule has 0 aromatic heterocycles. The Labute approximate surface area is 143 Å². The molecule has 2 rings (SSSR count). The lowest BCUT2D eigenvalue weighted by molar-refractivity contribution is -0.135. The average molecular weight is 330 g/mol. The lowest BCUT2D eigenvalue weighted by Gasteiger charge is -2.20. The Morgan fingerprint density at radius 1 is 1.29 bits per heavy atom. The maximum atomic E-state index is 12.2. The Balaban J connectivity index is 1.77. The van der Waals surface area contributed by atoms with Crippen LogP contribution in [0.15, 0.2) is 24.3 Å². The molecule has 2 atom stereocenters. The Kier molecular flexibility index (Phi) is 5.92. The summed E-state index contributed by atoms with van der Waals surface area (Å²) in [6.07, 6.45) is 3.03. The van der Waals surface area contributed by atoms with Crippen molar-refractivity contribution in [3.63, 3.8) is 0 Å². The molecule has 0 radical (unpaired) electrons. The van der Waals surface area contributed by atoms with Gasteiger partial charge in [-0.25, -0.2) is 0 Å². The van der Waals surface area contributed by atoms with Crippen LogP contribution in [0.5, 0.6) is 5.75 Å². The molecular weight excluding hydrogens is 304 g/mol. The van der Waals surface area contributed by atoms with Crippen LogP contribution in [-0.4, -0.2) is 24.5 Å². The van der Waals surface area contributed by atoms with Crippen LogP contribution in [0.4, 0.5) is 0 Å². The number of aryl methyl sites for hydroxylation is 1. The zero-order valence-corrected chi connectivity index (χ0v) is 14.8. The molecule has 1 saturated carbocycles. The first-order valence-electron chi connectivity index (χ1n) is 8.59. The first kappa shape index (κ1) is 18.4. The van der Waals surface area contributed by atoms with E-state index in [4.69, 9.17) is 4.74 Å². The number of hydrogen-bond acceptors (Lipinski definition) is 4. The first-order valence-corrected chi connectivity index (χ1v) is 8.59. The van der Waals surface area contributed by atoms with Crippen LogP contribution < -0.4 is 4.74 Å². The van der Waals surface area contributed by atoms with Crippen LogP contribution in [0.3, 0.4) is 0 Å². The third-order valence-corrected chi connectivity index (χ3v) is 5.06. The van der Waals surface area contributed by atoms with Gasteiger partial charge in [0.05, 0.1) is 12.5 Å². The van der Waals surface area contributed by atoms with E-state index in [9.17, 15) is 14.4 Å². The van der Waals surface area contributed by atoms with Crippen molar-refractivity contribution in [2.24, 2.45) is 11.3 Å². The molecule has 0 saturated heterocycles. The fraction of sp³-hybridized carbons (Fsp3) is 0.550. The van der Waals surface area contributed by atoms with E-state index in [2.05, 4.69) is 0 Å². The van der Waals surface area contributed by atoms with Crippen molar-refractivity contribution in [2.45, 2.75) is 52.4 Å². The van der Waals surface area contributed by atoms with Crippen LogP contribution in [0.25, 0.3) is 0 Å². The van der Waals surface area contributed by atoms with Gasteiger partial charge in [0, 0.05) is 25.2 Å². The molecule has 0 spiro atoms. The van der Waals surface area contributed by atoms with E-state index in [1.807, 2.05) is 24.3 Å². The number of hydrogen-bond donors (Lipinski definition) is 0. The average Bonchev–Trinajstić information content (AvgIpc) is 2.77. The van der Waals surface area contributed by atoms with Gasteiger partial charge in [-0.1, -0.05) is 19.1 Å². The molecule has 0 N–H and O–H groups in total. The highest BCUT2D eigenvalue weighted by Crippen LogP contribution is 2.38. The zero-order valence-electron chi connectivity index (χ0n) is 14.8. The van der Waals surface area contributed by atoms with E-state index in [1.54, 1.807) is 21.0 Å². The second-order valence-electron chi connectivity index (χ2n) is 6.97. The monoisotopic (exact) mass is 330 g/mol. The second kappa shape index (κ2) is 7.73. The highest BCUT2D eigenvalue weighted by atomic mass is 16.5. The van der Waals surface area contributed by atoms with Gasteiger partial charge in [0.15, 0.2) is 0 Å². The molecule has 1 aliphatic rings. The smallest absolute Gasteiger partial charge is 0.149 e. The first-order chi connectivity index (χ1) is 11.4. The zero-order chi connectivity index (χ0) is 17.7. The van der Waals surface area contributed by atoms with Crippen molar-refractivity contribution in [3.8, 4) is 5.75 Å². The quantitative estimate of drug-likeness (QED) is 0.684. The Hall–Kier alpha value is -1.97. The van der Waals surface area contributed by atoms with Crippen molar-refractivity contribution in [3.05, 3.63) is 29.8 Å². The number of Topliss-reactive ketones (excluding diaryl/α,β-unsaturated/α-hetero) is 3. The summed E-state index contributed by atoms with van der Waals surface area (Å²) in [4.78, 5) is 36.3. The van der Waals surface area contributed by atoms with Crippen LogP contribution in [-0.2, 0) is 20.8 Å².